The molecule has 0 amide bonds. The molecule has 11 heavy (non-hydrogen) atoms. The third-order valence-electron chi connectivity index (χ3n) is 2.46. The van der Waals surface area contributed by atoms with Crippen molar-refractivity contribution in [2.24, 2.45) is 5.73 Å². The number of nitrogens with two attached hydrogens (primary N) is 1. The summed E-state index contributed by atoms with van der Waals surface area (Å²) in [6, 6.07) is 0.694. The van der Waals surface area contributed by atoms with E-state index in [2.05, 4.69) is 11.8 Å². The molecule has 1 saturated heterocycles. The molecule has 66 valence electrons. The van der Waals surface area contributed by atoms with Crippen LogP contribution in [0.4, 0.5) is 0 Å². The quantitative estimate of drug-likeness (QED) is 0.584. The second kappa shape index (κ2) is 4.04. The Balaban J connectivity index is 2.27. The Labute approximate surface area is 68.2 Å². The first kappa shape index (κ1) is 8.97. The van der Waals surface area contributed by atoms with Crippen molar-refractivity contribution in [3.05, 3.63) is 0 Å². The van der Waals surface area contributed by atoms with Crippen molar-refractivity contribution in [1.29, 1.82) is 0 Å². The average molecular weight is 158 g/mol. The van der Waals surface area contributed by atoms with Gasteiger partial charge in [-0.3, -0.25) is 4.90 Å². The van der Waals surface area contributed by atoms with E-state index in [1.54, 1.807) is 0 Å². The summed E-state index contributed by atoms with van der Waals surface area (Å²) in [5.41, 5.74) is 5.75. The van der Waals surface area contributed by atoms with Crippen molar-refractivity contribution in [1.82, 2.24) is 4.90 Å². The Morgan fingerprint density at radius 1 is 1.55 bits per heavy atom. The molecule has 0 radical (unpaired) electrons. The summed E-state index contributed by atoms with van der Waals surface area (Å²) in [4.78, 5) is 2.30. The maximum atomic E-state index is 8.88. The van der Waals surface area contributed by atoms with Crippen molar-refractivity contribution in [3.8, 4) is 0 Å². The van der Waals surface area contributed by atoms with Crippen LogP contribution in [0.5, 0.6) is 0 Å². The van der Waals surface area contributed by atoms with Gasteiger partial charge < -0.3 is 10.8 Å². The van der Waals surface area contributed by atoms with Gasteiger partial charge in [0.05, 0.1) is 6.61 Å². The maximum absolute atomic E-state index is 8.88. The van der Waals surface area contributed by atoms with Gasteiger partial charge in [-0.15, -0.1) is 0 Å². The third-order valence-corrected chi connectivity index (χ3v) is 2.46. The first-order valence-corrected chi connectivity index (χ1v) is 4.34. The Hall–Kier alpha value is -0.120. The smallest absolute Gasteiger partial charge is 0.0584 e. The van der Waals surface area contributed by atoms with Crippen LogP contribution in [0, 0.1) is 0 Å². The van der Waals surface area contributed by atoms with Crippen LogP contribution in [0.2, 0.25) is 0 Å². The molecule has 0 aromatic carbocycles. The molecule has 0 saturated carbocycles. The van der Waals surface area contributed by atoms with Crippen LogP contribution in [-0.4, -0.2) is 41.8 Å². The third kappa shape index (κ3) is 2.43. The zero-order valence-corrected chi connectivity index (χ0v) is 7.16. The summed E-state index contributed by atoms with van der Waals surface area (Å²) in [7, 11) is 0. The second-order valence-electron chi connectivity index (χ2n) is 3.40. The fourth-order valence-electron chi connectivity index (χ4n) is 1.48. The number of nitrogens with zero attached hydrogens (tertiary/aromatic N) is 1. The Kier molecular flexibility index (Phi) is 3.30. The van der Waals surface area contributed by atoms with E-state index in [0.717, 1.165) is 25.9 Å². The van der Waals surface area contributed by atoms with Gasteiger partial charge in [0.25, 0.3) is 0 Å². The predicted octanol–water partition coefficient (Wildman–Crippen LogP) is -0.210. The predicted molar refractivity (Wildman–Crippen MR) is 45.3 cm³/mol. The molecule has 3 N–H and O–H groups in total. The van der Waals surface area contributed by atoms with Gasteiger partial charge in [-0.1, -0.05) is 0 Å². The normalized spacial score (nSPS) is 25.4. The highest BCUT2D eigenvalue weighted by Gasteiger charge is 2.19. The molecule has 0 aromatic heterocycles. The summed E-state index contributed by atoms with van der Waals surface area (Å²) in [6.07, 6.45) is 2.15. The highest BCUT2D eigenvalue weighted by molar-refractivity contribution is 4.77. The van der Waals surface area contributed by atoms with Crippen LogP contribution in [0.15, 0.2) is 0 Å². The molecule has 0 bridgehead atoms. The van der Waals surface area contributed by atoms with Gasteiger partial charge in [0, 0.05) is 12.1 Å². The lowest BCUT2D eigenvalue weighted by Gasteiger charge is -2.33. The lowest BCUT2D eigenvalue weighted by Crippen LogP contribution is -2.45. The van der Waals surface area contributed by atoms with Gasteiger partial charge in [-0.25, -0.2) is 0 Å². The van der Waals surface area contributed by atoms with Gasteiger partial charge >= 0.3 is 0 Å². The van der Waals surface area contributed by atoms with E-state index in [0.29, 0.717) is 12.1 Å². The lowest BCUT2D eigenvalue weighted by molar-refractivity contribution is 0.109. The van der Waals surface area contributed by atoms with Crippen LogP contribution in [-0.2, 0) is 0 Å². The van der Waals surface area contributed by atoms with Crippen molar-refractivity contribution in [2.75, 3.05) is 19.7 Å². The van der Waals surface area contributed by atoms with Crippen LogP contribution < -0.4 is 5.73 Å². The topological polar surface area (TPSA) is 49.5 Å². The molecule has 1 rings (SSSR count). The monoisotopic (exact) mass is 158 g/mol. The number of hydrogen-bond acceptors (Lipinski definition) is 3. The highest BCUT2D eigenvalue weighted by Crippen LogP contribution is 2.10. The van der Waals surface area contributed by atoms with E-state index in [1.165, 1.54) is 0 Å². The standard InChI is InChI=1S/C8H18N2O/c1-7(6-11)10-4-2-8(9)3-5-10/h7-8,11H,2-6,9H2,1H3/t7-/m1/s1. The average Bonchev–Trinajstić information content (AvgIpc) is 2.05. The molecule has 1 fully saturated rings. The Bertz CT molecular complexity index is 111. The minimum absolute atomic E-state index is 0.259. The van der Waals surface area contributed by atoms with Crippen molar-refractivity contribution < 1.29 is 5.11 Å². The number of aliphatic hydroxyl groups excluding tert-OH is 1. The van der Waals surface area contributed by atoms with Crippen LogP contribution in [0.25, 0.3) is 0 Å². The molecular formula is C8H18N2O. The fourth-order valence-corrected chi connectivity index (χ4v) is 1.48. The molecule has 0 spiro atoms. The number of likely N-dealkylation sites (tertiary alicyclic amines) is 1. The number of aliphatic hydroxyl groups is 1. The fraction of sp³-hybridized carbons (Fsp3) is 1.00. The van der Waals surface area contributed by atoms with Crippen LogP contribution in [0.3, 0.4) is 0 Å². The maximum Gasteiger partial charge on any atom is 0.0584 e. The first-order valence-electron chi connectivity index (χ1n) is 4.34. The van der Waals surface area contributed by atoms with E-state index in [4.69, 9.17) is 10.8 Å². The minimum Gasteiger partial charge on any atom is -0.395 e. The Morgan fingerprint density at radius 2 is 2.09 bits per heavy atom. The van der Waals surface area contributed by atoms with E-state index in [1.807, 2.05) is 0 Å². The SMILES string of the molecule is C[C@H](CO)N1CCC(N)CC1. The second-order valence-corrected chi connectivity index (χ2v) is 3.40. The number of hydrogen-bond donors (Lipinski definition) is 2. The minimum atomic E-state index is 0.259. The van der Waals surface area contributed by atoms with Gasteiger partial charge in [-0.2, -0.15) is 0 Å². The first-order chi connectivity index (χ1) is 5.24. The van der Waals surface area contributed by atoms with Crippen molar-refractivity contribution >= 4 is 0 Å². The van der Waals surface area contributed by atoms with E-state index >= 15 is 0 Å². The van der Waals surface area contributed by atoms with Gasteiger partial charge in [0.1, 0.15) is 0 Å². The zero-order chi connectivity index (χ0) is 8.27. The Morgan fingerprint density at radius 3 is 2.55 bits per heavy atom. The molecule has 1 atom stereocenters. The molecule has 1 aliphatic heterocycles. The van der Waals surface area contributed by atoms with Crippen molar-refractivity contribution in [3.63, 3.8) is 0 Å². The number of rotatable bonds is 2. The van der Waals surface area contributed by atoms with E-state index < -0.39 is 0 Å². The molecule has 3 heteroatoms. The summed E-state index contributed by atoms with van der Waals surface area (Å²) in [5.74, 6) is 0. The molecule has 1 heterocycles. The molecule has 0 aromatic rings. The zero-order valence-electron chi connectivity index (χ0n) is 7.16. The summed E-state index contributed by atoms with van der Waals surface area (Å²) < 4.78 is 0. The molecule has 0 unspecified atom stereocenters. The highest BCUT2D eigenvalue weighted by atomic mass is 16.3. The van der Waals surface area contributed by atoms with Gasteiger partial charge in [0.15, 0.2) is 0 Å². The van der Waals surface area contributed by atoms with Crippen molar-refractivity contribution in [2.45, 2.75) is 31.8 Å². The largest absolute Gasteiger partial charge is 0.395 e. The molecule has 0 aliphatic carbocycles. The summed E-state index contributed by atoms with van der Waals surface area (Å²) in [6.45, 7) is 4.40. The molecule has 1 aliphatic rings. The molecular weight excluding hydrogens is 140 g/mol. The molecule has 3 nitrogen and oxygen atoms in total. The van der Waals surface area contributed by atoms with Gasteiger partial charge in [-0.05, 0) is 32.9 Å². The number of piperidine rings is 1. The van der Waals surface area contributed by atoms with Crippen LogP contribution >= 0.6 is 0 Å². The van der Waals surface area contributed by atoms with E-state index in [-0.39, 0.29) is 6.61 Å². The lowest BCUT2D eigenvalue weighted by atomic mass is 10.0. The summed E-state index contributed by atoms with van der Waals surface area (Å²) in [5, 5.41) is 8.88. The summed E-state index contributed by atoms with van der Waals surface area (Å²) >= 11 is 0. The van der Waals surface area contributed by atoms with E-state index in [9.17, 15) is 0 Å². The van der Waals surface area contributed by atoms with Crippen LogP contribution in [0.1, 0.15) is 19.8 Å². The van der Waals surface area contributed by atoms with Gasteiger partial charge in [0.2, 0.25) is 0 Å².